The fourth-order valence-electron chi connectivity index (χ4n) is 3.01. The minimum absolute atomic E-state index is 0.117. The molecule has 1 aliphatic rings. The van der Waals surface area contributed by atoms with Crippen LogP contribution in [0.5, 0.6) is 0 Å². The van der Waals surface area contributed by atoms with Crippen molar-refractivity contribution in [3.8, 4) is 0 Å². The van der Waals surface area contributed by atoms with Gasteiger partial charge in [-0.05, 0) is 43.2 Å². The van der Waals surface area contributed by atoms with E-state index in [0.717, 1.165) is 19.8 Å². The summed E-state index contributed by atoms with van der Waals surface area (Å²) in [7, 11) is 0. The van der Waals surface area contributed by atoms with Crippen LogP contribution in [0, 0.1) is 5.82 Å². The molecule has 1 aliphatic heterocycles. The Morgan fingerprint density at radius 1 is 1.28 bits per heavy atom. The first-order chi connectivity index (χ1) is 11.8. The molecular formula is C18H18F3N3O. The molecule has 0 radical (unpaired) electrons. The molecule has 7 heteroatoms. The lowest BCUT2D eigenvalue weighted by Crippen LogP contribution is -2.33. The Bertz CT molecular complexity index is 759. The molecule has 1 unspecified atom stereocenters. The van der Waals surface area contributed by atoms with E-state index in [9.17, 15) is 18.0 Å². The van der Waals surface area contributed by atoms with Crippen LogP contribution in [0.15, 0.2) is 36.5 Å². The summed E-state index contributed by atoms with van der Waals surface area (Å²) >= 11 is 0. The number of anilines is 1. The molecule has 0 aliphatic carbocycles. The summed E-state index contributed by atoms with van der Waals surface area (Å²) in [6.45, 7) is 1.40. The Balaban J connectivity index is 1.77. The predicted octanol–water partition coefficient (Wildman–Crippen LogP) is 3.97. The maximum Gasteiger partial charge on any atom is 0.287 e. The minimum atomic E-state index is -3.04. The predicted molar refractivity (Wildman–Crippen MR) is 87.3 cm³/mol. The third kappa shape index (κ3) is 3.97. The number of hydrogen-bond acceptors (Lipinski definition) is 4. The number of Topliss-reactive ketones (excluding diaryl/α,β-unsaturated/α-hetero) is 1. The summed E-state index contributed by atoms with van der Waals surface area (Å²) in [4.78, 5) is 22.3. The van der Waals surface area contributed by atoms with E-state index in [4.69, 9.17) is 0 Å². The smallest absolute Gasteiger partial charge is 0.287 e. The first kappa shape index (κ1) is 17.4. The second-order valence-electron chi connectivity index (χ2n) is 6.25. The summed E-state index contributed by atoms with van der Waals surface area (Å²) in [5.74, 6) is -3.34. The van der Waals surface area contributed by atoms with E-state index in [1.807, 2.05) is 0 Å². The molecule has 1 aromatic heterocycles. The Morgan fingerprint density at radius 2 is 2.00 bits per heavy atom. The largest absolute Gasteiger partial charge is 0.337 e. The lowest BCUT2D eigenvalue weighted by Gasteiger charge is -2.25. The van der Waals surface area contributed by atoms with Crippen molar-refractivity contribution >= 4 is 11.7 Å². The Kier molecular flexibility index (Phi) is 4.74. The van der Waals surface area contributed by atoms with E-state index in [0.29, 0.717) is 12.1 Å². The van der Waals surface area contributed by atoms with Crippen LogP contribution in [0.1, 0.15) is 42.2 Å². The fourth-order valence-corrected chi connectivity index (χ4v) is 3.01. The number of aromatic nitrogens is 2. The SMILES string of the molecule is CC(F)(F)c1ccnc(N2CCCC2CC(=O)c2ccc(F)cc2)n1. The van der Waals surface area contributed by atoms with Crippen LogP contribution in [0.3, 0.4) is 0 Å². The highest BCUT2D eigenvalue weighted by molar-refractivity contribution is 5.96. The van der Waals surface area contributed by atoms with Gasteiger partial charge < -0.3 is 4.90 Å². The highest BCUT2D eigenvalue weighted by atomic mass is 19.3. The summed E-state index contributed by atoms with van der Waals surface area (Å²) in [5, 5.41) is 0. The molecule has 2 aromatic rings. The van der Waals surface area contributed by atoms with Gasteiger partial charge >= 0.3 is 0 Å². The zero-order chi connectivity index (χ0) is 18.0. The average molecular weight is 349 g/mol. The molecule has 3 rings (SSSR count). The van der Waals surface area contributed by atoms with E-state index in [1.165, 1.54) is 36.5 Å². The van der Waals surface area contributed by atoms with Gasteiger partial charge in [-0.2, -0.15) is 8.78 Å². The molecule has 2 heterocycles. The van der Waals surface area contributed by atoms with E-state index in [2.05, 4.69) is 9.97 Å². The monoisotopic (exact) mass is 349 g/mol. The molecule has 1 fully saturated rings. The molecule has 0 amide bonds. The number of benzene rings is 1. The van der Waals surface area contributed by atoms with Crippen molar-refractivity contribution in [3.63, 3.8) is 0 Å². The van der Waals surface area contributed by atoms with Gasteiger partial charge in [0.1, 0.15) is 11.5 Å². The number of halogens is 3. The normalized spacial score (nSPS) is 17.8. The summed E-state index contributed by atoms with van der Waals surface area (Å²) < 4.78 is 40.0. The van der Waals surface area contributed by atoms with Crippen molar-refractivity contribution in [2.24, 2.45) is 0 Å². The van der Waals surface area contributed by atoms with E-state index in [-0.39, 0.29) is 29.9 Å². The Morgan fingerprint density at radius 3 is 2.68 bits per heavy atom. The van der Waals surface area contributed by atoms with E-state index in [1.54, 1.807) is 4.90 Å². The van der Waals surface area contributed by atoms with E-state index < -0.39 is 11.7 Å². The van der Waals surface area contributed by atoms with Gasteiger partial charge in [0.05, 0.1) is 0 Å². The van der Waals surface area contributed by atoms with Crippen LogP contribution < -0.4 is 4.90 Å². The number of ketones is 1. The lowest BCUT2D eigenvalue weighted by molar-refractivity contribution is 0.0127. The molecule has 0 spiro atoms. The van der Waals surface area contributed by atoms with Gasteiger partial charge in [0.15, 0.2) is 5.78 Å². The first-order valence-electron chi connectivity index (χ1n) is 8.11. The zero-order valence-electron chi connectivity index (χ0n) is 13.8. The van der Waals surface area contributed by atoms with Crippen molar-refractivity contribution in [2.75, 3.05) is 11.4 Å². The van der Waals surface area contributed by atoms with Crippen molar-refractivity contribution in [3.05, 3.63) is 53.6 Å². The molecule has 0 bridgehead atoms. The third-order valence-electron chi connectivity index (χ3n) is 4.31. The van der Waals surface area contributed by atoms with Gasteiger partial charge in [-0.3, -0.25) is 4.79 Å². The van der Waals surface area contributed by atoms with Gasteiger partial charge in [-0.1, -0.05) is 0 Å². The van der Waals surface area contributed by atoms with Gasteiger partial charge in [0.25, 0.3) is 5.92 Å². The van der Waals surface area contributed by atoms with E-state index >= 15 is 0 Å². The summed E-state index contributed by atoms with van der Waals surface area (Å²) in [6, 6.07) is 6.43. The second-order valence-corrected chi connectivity index (χ2v) is 6.25. The van der Waals surface area contributed by atoms with Gasteiger partial charge in [-0.15, -0.1) is 0 Å². The van der Waals surface area contributed by atoms with Crippen LogP contribution in [0.4, 0.5) is 19.1 Å². The standard InChI is InChI=1S/C18H18F3N3O/c1-18(20,21)16-8-9-22-17(23-16)24-10-2-3-14(24)11-15(25)12-4-6-13(19)7-5-12/h4-9,14H,2-3,10-11H2,1H3. The molecule has 0 saturated carbocycles. The van der Waals surface area contributed by atoms with Crippen LogP contribution in [0.25, 0.3) is 0 Å². The molecule has 1 atom stereocenters. The quantitative estimate of drug-likeness (QED) is 0.767. The molecule has 0 N–H and O–H groups in total. The van der Waals surface area contributed by atoms with Crippen molar-refractivity contribution in [2.45, 2.75) is 38.2 Å². The van der Waals surface area contributed by atoms with Crippen LogP contribution >= 0.6 is 0 Å². The Hall–Kier alpha value is -2.44. The van der Waals surface area contributed by atoms with Crippen molar-refractivity contribution in [1.82, 2.24) is 9.97 Å². The minimum Gasteiger partial charge on any atom is -0.337 e. The number of carbonyl (C=O) groups excluding carboxylic acids is 1. The number of rotatable bonds is 5. The maximum absolute atomic E-state index is 13.5. The van der Waals surface area contributed by atoms with Crippen LogP contribution in [-0.2, 0) is 5.92 Å². The fraction of sp³-hybridized carbons (Fsp3) is 0.389. The first-order valence-corrected chi connectivity index (χ1v) is 8.11. The molecule has 25 heavy (non-hydrogen) atoms. The molecule has 1 aromatic carbocycles. The Labute approximate surface area is 143 Å². The second kappa shape index (κ2) is 6.82. The molecular weight excluding hydrogens is 331 g/mol. The highest BCUT2D eigenvalue weighted by Gasteiger charge is 2.31. The van der Waals surface area contributed by atoms with Crippen molar-refractivity contribution < 1.29 is 18.0 Å². The number of hydrogen-bond donors (Lipinski definition) is 0. The van der Waals surface area contributed by atoms with Crippen LogP contribution in [0.2, 0.25) is 0 Å². The van der Waals surface area contributed by atoms with Gasteiger partial charge in [0.2, 0.25) is 5.95 Å². The topological polar surface area (TPSA) is 46.1 Å². The number of nitrogens with zero attached hydrogens (tertiary/aromatic N) is 3. The lowest BCUT2D eigenvalue weighted by atomic mass is 10.0. The van der Waals surface area contributed by atoms with Crippen LogP contribution in [-0.4, -0.2) is 28.3 Å². The molecule has 1 saturated heterocycles. The summed E-state index contributed by atoms with van der Waals surface area (Å²) in [5.41, 5.74) is 0.0935. The van der Waals surface area contributed by atoms with Gasteiger partial charge in [0, 0.05) is 37.7 Å². The third-order valence-corrected chi connectivity index (χ3v) is 4.31. The highest BCUT2D eigenvalue weighted by Crippen LogP contribution is 2.29. The molecule has 132 valence electrons. The maximum atomic E-state index is 13.5. The summed E-state index contributed by atoms with van der Waals surface area (Å²) in [6.07, 6.45) is 3.11. The van der Waals surface area contributed by atoms with Gasteiger partial charge in [-0.25, -0.2) is 14.4 Å². The number of carbonyl (C=O) groups is 1. The molecule has 4 nitrogen and oxygen atoms in total. The number of alkyl halides is 2. The average Bonchev–Trinajstić information content (AvgIpc) is 3.03. The zero-order valence-corrected chi connectivity index (χ0v) is 13.8. The van der Waals surface area contributed by atoms with Crippen molar-refractivity contribution in [1.29, 1.82) is 0 Å².